The average Bonchev–Trinajstić information content (AvgIpc) is 3.41. The average molecular weight is 603 g/mol. The van der Waals surface area contributed by atoms with Crippen molar-refractivity contribution in [3.8, 4) is 45.8 Å². The summed E-state index contributed by atoms with van der Waals surface area (Å²) in [6.07, 6.45) is 0. The summed E-state index contributed by atoms with van der Waals surface area (Å²) in [5.41, 5.74) is 3.31. The van der Waals surface area contributed by atoms with Gasteiger partial charge in [0.25, 0.3) is 5.91 Å². The number of nitrogens with zero attached hydrogens (tertiary/aromatic N) is 1. The van der Waals surface area contributed by atoms with Gasteiger partial charge < -0.3 is 38.7 Å². The fourth-order valence-corrected chi connectivity index (χ4v) is 5.07. The number of aromatic amines is 1. The van der Waals surface area contributed by atoms with Crippen molar-refractivity contribution in [3.05, 3.63) is 60.2 Å². The van der Waals surface area contributed by atoms with Crippen molar-refractivity contribution in [1.82, 2.24) is 15.3 Å². The van der Waals surface area contributed by atoms with E-state index in [4.69, 9.17) is 45.6 Å². The van der Waals surface area contributed by atoms with Crippen molar-refractivity contribution in [2.45, 2.75) is 0 Å². The Morgan fingerprint density at radius 2 is 1.30 bits per heavy atom. The number of amides is 1. The summed E-state index contributed by atoms with van der Waals surface area (Å²) in [6.45, 7) is 0. The lowest BCUT2D eigenvalue weighted by Gasteiger charge is -2.16. The van der Waals surface area contributed by atoms with E-state index < -0.39 is 5.91 Å². The Bertz CT molecular complexity index is 1800. The number of aromatic nitrogens is 2. The second-order valence-electron chi connectivity index (χ2n) is 9.19. The number of ether oxygens (including phenoxy) is 6. The highest BCUT2D eigenvalue weighted by Gasteiger charge is 2.21. The van der Waals surface area contributed by atoms with Gasteiger partial charge in [-0.15, -0.1) is 0 Å². The molecule has 0 bridgehead atoms. The zero-order valence-electron chi connectivity index (χ0n) is 24.4. The third-order valence-electron chi connectivity index (χ3n) is 6.83. The van der Waals surface area contributed by atoms with Crippen LogP contribution in [0.5, 0.6) is 34.5 Å². The Labute approximate surface area is 253 Å². The molecule has 0 aliphatic carbocycles. The number of hydrogen-bond donors (Lipinski definition) is 3. The highest BCUT2D eigenvalue weighted by Crippen LogP contribution is 2.43. The molecule has 0 unspecified atom stereocenters. The van der Waals surface area contributed by atoms with E-state index in [-0.39, 0.29) is 10.7 Å². The van der Waals surface area contributed by atoms with Crippen molar-refractivity contribution in [2.24, 2.45) is 0 Å². The fourth-order valence-electron chi connectivity index (χ4n) is 4.87. The first kappa shape index (κ1) is 29.3. The van der Waals surface area contributed by atoms with E-state index in [9.17, 15) is 4.79 Å². The summed E-state index contributed by atoms with van der Waals surface area (Å²) in [7, 11) is 9.10. The molecule has 0 aliphatic rings. The van der Waals surface area contributed by atoms with E-state index >= 15 is 0 Å². The van der Waals surface area contributed by atoms with Crippen molar-refractivity contribution < 1.29 is 33.2 Å². The summed E-state index contributed by atoms with van der Waals surface area (Å²) in [5.74, 6) is 2.42. The first-order chi connectivity index (χ1) is 20.8. The Morgan fingerprint density at radius 1 is 0.744 bits per heavy atom. The first-order valence-electron chi connectivity index (χ1n) is 13.0. The molecule has 3 N–H and O–H groups in total. The van der Waals surface area contributed by atoms with Gasteiger partial charge in [0.2, 0.25) is 11.5 Å². The van der Waals surface area contributed by atoms with Gasteiger partial charge >= 0.3 is 0 Å². The van der Waals surface area contributed by atoms with Crippen LogP contribution < -0.4 is 39.1 Å². The van der Waals surface area contributed by atoms with Gasteiger partial charge in [0.1, 0.15) is 5.82 Å². The maximum atomic E-state index is 13.2. The van der Waals surface area contributed by atoms with Gasteiger partial charge in [-0.25, -0.2) is 4.98 Å². The molecule has 43 heavy (non-hydrogen) atoms. The van der Waals surface area contributed by atoms with Gasteiger partial charge in [-0.1, -0.05) is 18.2 Å². The van der Waals surface area contributed by atoms with Crippen LogP contribution in [0.2, 0.25) is 0 Å². The van der Waals surface area contributed by atoms with Gasteiger partial charge in [-0.3, -0.25) is 10.1 Å². The number of pyridine rings is 1. The van der Waals surface area contributed by atoms with Gasteiger partial charge in [0.05, 0.1) is 53.9 Å². The first-order valence-corrected chi connectivity index (χ1v) is 13.4. The molecule has 1 amide bonds. The summed E-state index contributed by atoms with van der Waals surface area (Å²) in [6, 6.07) is 16.5. The lowest BCUT2D eigenvalue weighted by atomic mass is 10.1. The van der Waals surface area contributed by atoms with Crippen LogP contribution in [0.25, 0.3) is 33.1 Å². The molecule has 0 aliphatic heterocycles. The predicted molar refractivity (Wildman–Crippen MR) is 168 cm³/mol. The number of anilines is 1. The van der Waals surface area contributed by atoms with Gasteiger partial charge in [0, 0.05) is 27.4 Å². The number of nitrogens with one attached hydrogen (secondary N) is 3. The molecule has 12 heteroatoms. The molecule has 3 aromatic carbocycles. The number of carbonyl (C=O) groups excluding carboxylic acids is 1. The number of methoxy groups -OCH3 is 6. The minimum absolute atomic E-state index is 0.0429. The van der Waals surface area contributed by atoms with E-state index in [2.05, 4.69) is 15.6 Å². The van der Waals surface area contributed by atoms with Crippen LogP contribution >= 0.6 is 12.2 Å². The van der Waals surface area contributed by atoms with Gasteiger partial charge in [-0.2, -0.15) is 0 Å². The molecule has 5 aromatic rings. The number of para-hydroxylation sites is 1. The van der Waals surface area contributed by atoms with Crippen LogP contribution in [-0.2, 0) is 0 Å². The summed E-state index contributed by atoms with van der Waals surface area (Å²) in [5, 5.41) is 7.69. The van der Waals surface area contributed by atoms with Gasteiger partial charge in [0.15, 0.2) is 28.1 Å². The Hall–Kier alpha value is -5.23. The van der Waals surface area contributed by atoms with Crippen LogP contribution in [0.3, 0.4) is 0 Å². The Kier molecular flexibility index (Phi) is 8.39. The number of carbonyl (C=O) groups is 1. The van der Waals surface area contributed by atoms with E-state index in [1.54, 1.807) is 21.3 Å². The molecule has 0 spiro atoms. The lowest BCUT2D eigenvalue weighted by Crippen LogP contribution is -2.34. The molecule has 0 radical (unpaired) electrons. The quantitative estimate of drug-likeness (QED) is 0.185. The number of fused-ring (bicyclic) bond motifs is 3. The molecule has 0 fully saturated rings. The molecule has 11 nitrogen and oxygen atoms in total. The van der Waals surface area contributed by atoms with Crippen LogP contribution in [0, 0.1) is 0 Å². The SMILES string of the molecule is COc1cc(C(=O)NC(=S)Nc2cc3c([nH]c4ccccc43)c(-c3cc(OC)c(OC)c(OC)c3)n2)cc(OC)c1OC. The van der Waals surface area contributed by atoms with Gasteiger partial charge in [-0.05, 0) is 48.6 Å². The monoisotopic (exact) mass is 602 g/mol. The molecule has 0 saturated carbocycles. The molecule has 5 rings (SSSR count). The smallest absolute Gasteiger partial charge is 0.257 e. The topological polar surface area (TPSA) is 125 Å². The zero-order chi connectivity index (χ0) is 30.7. The zero-order valence-corrected chi connectivity index (χ0v) is 25.2. The molecule has 2 aromatic heterocycles. The van der Waals surface area contributed by atoms with Crippen molar-refractivity contribution in [3.63, 3.8) is 0 Å². The number of benzene rings is 3. The molecule has 0 atom stereocenters. The normalized spacial score (nSPS) is 10.7. The van der Waals surface area contributed by atoms with Crippen LogP contribution in [0.1, 0.15) is 10.4 Å². The molecular weight excluding hydrogens is 572 g/mol. The maximum absolute atomic E-state index is 13.2. The van der Waals surface area contributed by atoms with Crippen molar-refractivity contribution in [2.75, 3.05) is 48.0 Å². The Morgan fingerprint density at radius 3 is 1.86 bits per heavy atom. The van der Waals surface area contributed by atoms with Crippen molar-refractivity contribution >= 4 is 50.9 Å². The molecular formula is C31H30N4O7S. The minimum Gasteiger partial charge on any atom is -0.493 e. The predicted octanol–water partition coefficient (Wildman–Crippen LogP) is 5.56. The maximum Gasteiger partial charge on any atom is 0.257 e. The molecule has 222 valence electrons. The second-order valence-corrected chi connectivity index (χ2v) is 9.59. The van der Waals surface area contributed by atoms with E-state index in [1.807, 2.05) is 42.5 Å². The standard InChI is InChI=1S/C31H30N4O7S/c1-37-21-11-16(12-22(38-2)28(21)41-5)26-27-19(18-9-7-8-10-20(18)32-27)15-25(33-26)34-31(43)35-30(36)17-13-23(39-3)29(42-6)24(14-17)40-4/h7-15,32H,1-6H3,(H2,33,34,35,36,43). The fraction of sp³-hybridized carbons (Fsp3) is 0.194. The third kappa shape index (κ3) is 5.52. The number of rotatable bonds is 9. The number of hydrogen-bond acceptors (Lipinski definition) is 9. The van der Waals surface area contributed by atoms with Crippen LogP contribution in [-0.4, -0.2) is 63.6 Å². The van der Waals surface area contributed by atoms with E-state index in [1.165, 1.54) is 33.5 Å². The summed E-state index contributed by atoms with van der Waals surface area (Å²) >= 11 is 5.52. The van der Waals surface area contributed by atoms with E-state index in [0.29, 0.717) is 51.6 Å². The largest absolute Gasteiger partial charge is 0.493 e. The van der Waals surface area contributed by atoms with Crippen LogP contribution in [0.15, 0.2) is 54.6 Å². The Balaban J connectivity index is 1.54. The second kappa shape index (κ2) is 12.3. The highest BCUT2D eigenvalue weighted by atomic mass is 32.1. The summed E-state index contributed by atoms with van der Waals surface area (Å²) in [4.78, 5) is 21.5. The summed E-state index contributed by atoms with van der Waals surface area (Å²) < 4.78 is 32.8. The minimum atomic E-state index is -0.477. The third-order valence-corrected chi connectivity index (χ3v) is 7.03. The molecule has 2 heterocycles. The number of thiocarbonyl (C=S) groups is 1. The van der Waals surface area contributed by atoms with E-state index in [0.717, 1.165) is 21.8 Å². The molecule has 0 saturated heterocycles. The number of H-pyrrole nitrogens is 1. The lowest BCUT2D eigenvalue weighted by molar-refractivity contribution is 0.0977. The van der Waals surface area contributed by atoms with Crippen LogP contribution in [0.4, 0.5) is 5.82 Å². The highest BCUT2D eigenvalue weighted by molar-refractivity contribution is 7.80. The van der Waals surface area contributed by atoms with Crippen molar-refractivity contribution in [1.29, 1.82) is 0 Å².